The van der Waals surface area contributed by atoms with Crippen LogP contribution in [0.1, 0.15) is 15.9 Å². The molecule has 0 N–H and O–H groups in total. The Kier molecular flexibility index (Phi) is 5.59. The zero-order valence-electron chi connectivity index (χ0n) is 13.5. The fraction of sp³-hybridized carbons (Fsp3) is 0. The van der Waals surface area contributed by atoms with Crippen LogP contribution in [0.3, 0.4) is 0 Å². The summed E-state index contributed by atoms with van der Waals surface area (Å²) in [7, 11) is 0. The summed E-state index contributed by atoms with van der Waals surface area (Å²) in [5.74, 6) is 0.428. The maximum Gasteiger partial charge on any atom is 0.266 e. The van der Waals surface area contributed by atoms with Gasteiger partial charge in [-0.05, 0) is 124 Å². The number of anilines is 1. The Morgan fingerprint density at radius 3 is 1.93 bits per heavy atom. The van der Waals surface area contributed by atoms with Crippen LogP contribution in [0, 0.1) is 0 Å². The second-order valence-corrected chi connectivity index (χ2v) is 12.7. The van der Waals surface area contributed by atoms with E-state index in [9.17, 15) is 4.79 Å². The molecule has 5 rings (SSSR count). The van der Waals surface area contributed by atoms with Gasteiger partial charge in [0.1, 0.15) is 5.84 Å². The molecule has 0 radical (unpaired) electrons. The van der Waals surface area contributed by atoms with Crippen molar-refractivity contribution >= 4 is 161 Å². The molecular formula is C18H2Br8N2O. The number of rotatable bonds is 0. The highest BCUT2D eigenvalue weighted by Gasteiger charge is 2.44. The van der Waals surface area contributed by atoms with Crippen LogP contribution in [0.2, 0.25) is 0 Å². The van der Waals surface area contributed by atoms with Gasteiger partial charge in [-0.3, -0.25) is 9.69 Å². The second-order valence-electron chi connectivity index (χ2n) is 6.22. The summed E-state index contributed by atoms with van der Waals surface area (Å²) in [5.41, 5.74) is 2.83. The zero-order valence-corrected chi connectivity index (χ0v) is 26.2. The first-order valence-corrected chi connectivity index (χ1v) is 14.1. The van der Waals surface area contributed by atoms with E-state index in [4.69, 9.17) is 4.99 Å². The Bertz CT molecular complexity index is 1360. The Morgan fingerprint density at radius 1 is 0.690 bits per heavy atom. The molecule has 0 spiro atoms. The first-order valence-electron chi connectivity index (χ1n) is 7.74. The van der Waals surface area contributed by atoms with Crippen molar-refractivity contribution in [2.75, 3.05) is 4.90 Å². The van der Waals surface area contributed by atoms with Gasteiger partial charge in [-0.1, -0.05) is 15.9 Å². The lowest BCUT2D eigenvalue weighted by Gasteiger charge is -2.27. The molecule has 2 aliphatic rings. The smallest absolute Gasteiger partial charge is 0.266 e. The molecule has 0 aliphatic carbocycles. The molecule has 0 saturated carbocycles. The maximum atomic E-state index is 13.6. The summed E-state index contributed by atoms with van der Waals surface area (Å²) < 4.78 is 6.41. The number of amidine groups is 1. The Labute approximate surface area is 232 Å². The van der Waals surface area contributed by atoms with E-state index in [0.717, 1.165) is 59.0 Å². The minimum absolute atomic E-state index is 0.149. The quantitative estimate of drug-likeness (QED) is 0.164. The molecule has 1 amide bonds. The van der Waals surface area contributed by atoms with Crippen LogP contribution >= 0.6 is 127 Å². The van der Waals surface area contributed by atoms with Crippen molar-refractivity contribution in [3.63, 3.8) is 0 Å². The van der Waals surface area contributed by atoms with E-state index in [1.165, 1.54) is 0 Å². The van der Waals surface area contributed by atoms with E-state index in [0.29, 0.717) is 15.9 Å². The van der Waals surface area contributed by atoms with Gasteiger partial charge >= 0.3 is 0 Å². The van der Waals surface area contributed by atoms with Gasteiger partial charge in [-0.15, -0.1) is 0 Å². The zero-order chi connectivity index (χ0) is 20.9. The third-order valence-electron chi connectivity index (χ3n) is 4.72. The number of aliphatic imine (C=N–C) groups is 1. The molecule has 0 fully saturated rings. The average Bonchev–Trinajstić information content (AvgIpc) is 2.98. The third kappa shape index (κ3) is 2.90. The van der Waals surface area contributed by atoms with E-state index in [2.05, 4.69) is 127 Å². The van der Waals surface area contributed by atoms with Crippen LogP contribution in [0.15, 0.2) is 52.9 Å². The molecule has 0 unspecified atom stereocenters. The molecule has 0 atom stereocenters. The molecule has 11 heteroatoms. The molecular weight excluding hydrogens is 899 g/mol. The number of fused-ring (bicyclic) bond motifs is 4. The minimum Gasteiger partial charge on any atom is -0.268 e. The van der Waals surface area contributed by atoms with Gasteiger partial charge < -0.3 is 0 Å². The number of hydrogen-bond acceptors (Lipinski definition) is 2. The van der Waals surface area contributed by atoms with Crippen LogP contribution in [-0.4, -0.2) is 11.7 Å². The van der Waals surface area contributed by atoms with E-state index in [1.54, 1.807) is 4.90 Å². The fourth-order valence-electron chi connectivity index (χ4n) is 3.53. The number of halogens is 8. The summed E-state index contributed by atoms with van der Waals surface area (Å²) in [6, 6.07) is 3.97. The van der Waals surface area contributed by atoms with Crippen molar-refractivity contribution in [1.29, 1.82) is 0 Å². The van der Waals surface area contributed by atoms with Crippen molar-refractivity contribution in [1.82, 2.24) is 0 Å². The number of benzene rings is 3. The molecule has 0 aromatic heterocycles. The van der Waals surface area contributed by atoms with E-state index < -0.39 is 0 Å². The fourth-order valence-corrected chi connectivity index (χ4v) is 8.19. The van der Waals surface area contributed by atoms with Gasteiger partial charge in [0, 0.05) is 47.6 Å². The van der Waals surface area contributed by atoms with Gasteiger partial charge in [0.15, 0.2) is 0 Å². The molecule has 0 saturated heterocycles. The summed E-state index contributed by atoms with van der Waals surface area (Å²) in [5, 5.41) is 1.84. The molecule has 3 nitrogen and oxygen atoms in total. The van der Waals surface area contributed by atoms with Gasteiger partial charge in [0.05, 0.1) is 21.4 Å². The molecule has 2 heterocycles. The topological polar surface area (TPSA) is 32.7 Å². The summed E-state index contributed by atoms with van der Waals surface area (Å²) in [6.45, 7) is 0. The number of nitrogens with zero attached hydrogens (tertiary/aromatic N) is 2. The number of carbonyl (C=O) groups excluding carboxylic acids is 1. The molecule has 3 aromatic rings. The van der Waals surface area contributed by atoms with Gasteiger partial charge in [0.2, 0.25) is 0 Å². The van der Waals surface area contributed by atoms with Gasteiger partial charge in [-0.2, -0.15) is 0 Å². The van der Waals surface area contributed by atoms with E-state index in [1.807, 2.05) is 12.1 Å². The Balaban J connectivity index is 1.99. The molecule has 0 bridgehead atoms. The largest absolute Gasteiger partial charge is 0.268 e. The highest BCUT2D eigenvalue weighted by molar-refractivity contribution is 9.15. The number of carbonyl (C=O) groups is 1. The SMILES string of the molecule is O=C1c2c(Br)c(Br)c(Br)c(Br)c2C2=Nc3cc(Br)cc4c(Br)c(Br)c(Br)c(c34)N12. The first-order chi connectivity index (χ1) is 13.6. The highest BCUT2D eigenvalue weighted by Crippen LogP contribution is 2.55. The molecule has 3 aromatic carbocycles. The third-order valence-corrected chi connectivity index (χ3v) is 13.4. The van der Waals surface area contributed by atoms with Crippen molar-refractivity contribution < 1.29 is 4.79 Å². The van der Waals surface area contributed by atoms with Crippen molar-refractivity contribution in [3.8, 4) is 0 Å². The van der Waals surface area contributed by atoms with Gasteiger partial charge in [0.25, 0.3) is 5.91 Å². The van der Waals surface area contributed by atoms with E-state index >= 15 is 0 Å². The number of hydrogen-bond donors (Lipinski definition) is 0. The molecule has 2 aliphatic heterocycles. The van der Waals surface area contributed by atoms with E-state index in [-0.39, 0.29) is 5.91 Å². The highest BCUT2D eigenvalue weighted by atomic mass is 79.9. The Hall–Kier alpha value is 0.900. The Morgan fingerprint density at radius 2 is 1.28 bits per heavy atom. The lowest BCUT2D eigenvalue weighted by Crippen LogP contribution is -2.32. The summed E-state index contributed by atoms with van der Waals surface area (Å²) in [4.78, 5) is 20.2. The average molecular weight is 901 g/mol. The van der Waals surface area contributed by atoms with Crippen LogP contribution < -0.4 is 4.90 Å². The predicted molar refractivity (Wildman–Crippen MR) is 145 cm³/mol. The molecule has 146 valence electrons. The van der Waals surface area contributed by atoms with Gasteiger partial charge in [-0.25, -0.2) is 4.99 Å². The van der Waals surface area contributed by atoms with Crippen LogP contribution in [0.5, 0.6) is 0 Å². The predicted octanol–water partition coefficient (Wildman–Crippen LogP) is 9.99. The van der Waals surface area contributed by atoms with Crippen molar-refractivity contribution in [3.05, 3.63) is 59.0 Å². The normalized spacial score (nSPS) is 14.4. The summed E-state index contributed by atoms with van der Waals surface area (Å²) >= 11 is 29.0. The molecule has 29 heavy (non-hydrogen) atoms. The lowest BCUT2D eigenvalue weighted by atomic mass is 10.0. The first kappa shape index (κ1) is 21.7. The summed E-state index contributed by atoms with van der Waals surface area (Å²) in [6.07, 6.45) is 0. The second kappa shape index (κ2) is 7.46. The monoisotopic (exact) mass is 893 g/mol. The lowest BCUT2D eigenvalue weighted by molar-refractivity contribution is 0.101. The van der Waals surface area contributed by atoms with Crippen molar-refractivity contribution in [2.24, 2.45) is 4.99 Å². The minimum atomic E-state index is -0.149. The van der Waals surface area contributed by atoms with Crippen molar-refractivity contribution in [2.45, 2.75) is 0 Å². The maximum absolute atomic E-state index is 13.6. The van der Waals surface area contributed by atoms with Crippen LogP contribution in [-0.2, 0) is 0 Å². The standard InChI is InChI=1S/C18H2Br8N2O/c19-3-1-4-6-5(2-3)27-17-7-8(11(22)14(25)13(24)10(7)21)18(29)28(17)16(6)15(26)12(23)9(4)20/h1-2H. The number of amides is 1. The van der Waals surface area contributed by atoms with Crippen LogP contribution in [0.25, 0.3) is 10.8 Å². The van der Waals surface area contributed by atoms with Crippen LogP contribution in [0.4, 0.5) is 11.4 Å².